The van der Waals surface area contributed by atoms with E-state index in [1.165, 1.54) is 0 Å². The van der Waals surface area contributed by atoms with E-state index in [9.17, 15) is 8.42 Å². The number of hydrogen-bond donors (Lipinski definition) is 2. The smallest absolute Gasteiger partial charge is 0.185 e. The van der Waals surface area contributed by atoms with Gasteiger partial charge in [-0.1, -0.05) is 50.3 Å². The monoisotopic (exact) mass is 462 g/mol. The van der Waals surface area contributed by atoms with Gasteiger partial charge in [0.25, 0.3) is 0 Å². The van der Waals surface area contributed by atoms with E-state index >= 15 is 0 Å². The second-order valence-corrected chi connectivity index (χ2v) is 9.69. The third kappa shape index (κ3) is 6.26. The number of allylic oxidation sites excluding steroid dienone is 3. The van der Waals surface area contributed by atoms with Crippen molar-refractivity contribution in [2.45, 2.75) is 36.8 Å². The van der Waals surface area contributed by atoms with Crippen molar-refractivity contribution in [1.29, 1.82) is 0 Å². The number of ether oxygens (including phenoxy) is 1. The van der Waals surface area contributed by atoms with Crippen LogP contribution in [0.25, 0.3) is 0 Å². The molecule has 0 aliphatic heterocycles. The maximum Gasteiger partial charge on any atom is 0.185 e. The Balaban J connectivity index is 0.00000149. The van der Waals surface area contributed by atoms with E-state index in [4.69, 9.17) is 16.2 Å². The summed E-state index contributed by atoms with van der Waals surface area (Å²) < 4.78 is 31.9. The fourth-order valence-electron chi connectivity index (χ4n) is 3.53. The Morgan fingerprint density at radius 1 is 0.879 bits per heavy atom. The molecule has 0 fully saturated rings. The van der Waals surface area contributed by atoms with Crippen molar-refractivity contribution in [2.75, 3.05) is 11.5 Å². The highest BCUT2D eigenvalue weighted by molar-refractivity contribution is 7.92. The number of rotatable bonds is 6. The van der Waals surface area contributed by atoms with Gasteiger partial charge < -0.3 is 16.2 Å². The highest BCUT2D eigenvalue weighted by atomic mass is 32.2. The summed E-state index contributed by atoms with van der Waals surface area (Å²) in [5.41, 5.74) is 15.1. The van der Waals surface area contributed by atoms with Crippen LogP contribution in [-0.4, -0.2) is 13.7 Å². The van der Waals surface area contributed by atoms with E-state index in [0.29, 0.717) is 23.6 Å². The maximum atomic E-state index is 13.1. The summed E-state index contributed by atoms with van der Waals surface area (Å²) in [6.45, 7) is 4.00. The van der Waals surface area contributed by atoms with Crippen molar-refractivity contribution in [1.82, 2.24) is 0 Å². The summed E-state index contributed by atoms with van der Waals surface area (Å²) in [4.78, 5) is 0.273. The Bertz CT molecular complexity index is 1250. The minimum Gasteiger partial charge on any atom is -0.457 e. The first kappa shape index (κ1) is 24.1. The normalized spacial score (nSPS) is 15.2. The minimum atomic E-state index is -3.49. The van der Waals surface area contributed by atoms with Crippen LogP contribution in [0.3, 0.4) is 0 Å². The van der Waals surface area contributed by atoms with Gasteiger partial charge in [-0.2, -0.15) is 0 Å². The summed E-state index contributed by atoms with van der Waals surface area (Å²) in [7, 11) is -3.49. The van der Waals surface area contributed by atoms with Gasteiger partial charge in [-0.15, -0.1) is 0 Å². The molecule has 4 rings (SSSR count). The maximum absolute atomic E-state index is 13.1. The van der Waals surface area contributed by atoms with E-state index in [-0.39, 0.29) is 4.90 Å². The van der Waals surface area contributed by atoms with Gasteiger partial charge in [0, 0.05) is 17.4 Å². The van der Waals surface area contributed by atoms with Gasteiger partial charge in [0.2, 0.25) is 0 Å². The zero-order valence-corrected chi connectivity index (χ0v) is 19.8. The van der Waals surface area contributed by atoms with E-state index < -0.39 is 15.1 Å². The number of hydrogen-bond acceptors (Lipinski definition) is 5. The SMILES string of the molecule is CC.Nc1cccc(CC2=CCC(S(=O)(=O)c3ccc(Oc4cccc(N)c4)cc3)C=C2)c1. The first-order valence-corrected chi connectivity index (χ1v) is 12.5. The van der Waals surface area contributed by atoms with Crippen LogP contribution in [0.5, 0.6) is 11.5 Å². The first-order valence-electron chi connectivity index (χ1n) is 11.0. The number of nitrogen functional groups attached to an aromatic ring is 2. The molecule has 172 valence electrons. The Morgan fingerprint density at radius 3 is 2.15 bits per heavy atom. The molecule has 3 aromatic carbocycles. The van der Waals surface area contributed by atoms with Crippen molar-refractivity contribution < 1.29 is 13.2 Å². The molecule has 4 N–H and O–H groups in total. The molecule has 0 heterocycles. The number of sulfone groups is 1. The third-order valence-electron chi connectivity index (χ3n) is 5.14. The zero-order chi connectivity index (χ0) is 23.8. The summed E-state index contributed by atoms with van der Waals surface area (Å²) >= 11 is 0. The van der Waals surface area contributed by atoms with E-state index in [1.807, 2.05) is 50.3 Å². The van der Waals surface area contributed by atoms with Crippen molar-refractivity contribution in [3.05, 3.63) is 102 Å². The van der Waals surface area contributed by atoms with Gasteiger partial charge in [0.15, 0.2) is 9.84 Å². The van der Waals surface area contributed by atoms with Gasteiger partial charge in [-0.05, 0) is 72.5 Å². The van der Waals surface area contributed by atoms with Crippen LogP contribution in [0.1, 0.15) is 25.8 Å². The molecule has 1 unspecified atom stereocenters. The van der Waals surface area contributed by atoms with Crippen molar-refractivity contribution in [3.8, 4) is 11.5 Å². The van der Waals surface area contributed by atoms with Crippen LogP contribution in [0.4, 0.5) is 11.4 Å². The Hall–Kier alpha value is -3.51. The summed E-state index contributed by atoms with van der Waals surface area (Å²) in [6, 6.07) is 21.3. The van der Waals surface area contributed by atoms with E-state index in [2.05, 4.69) is 0 Å². The van der Waals surface area contributed by atoms with Crippen LogP contribution >= 0.6 is 0 Å². The second-order valence-electron chi connectivity index (χ2n) is 7.53. The fourth-order valence-corrected chi connectivity index (χ4v) is 5.03. The molecule has 0 spiro atoms. The van der Waals surface area contributed by atoms with Crippen molar-refractivity contribution in [2.24, 2.45) is 0 Å². The highest BCUT2D eigenvalue weighted by Gasteiger charge is 2.26. The Labute approximate surface area is 196 Å². The highest BCUT2D eigenvalue weighted by Crippen LogP contribution is 2.28. The Morgan fingerprint density at radius 2 is 1.55 bits per heavy atom. The summed E-state index contributed by atoms with van der Waals surface area (Å²) in [5.74, 6) is 1.15. The van der Waals surface area contributed by atoms with Crippen LogP contribution in [0, 0.1) is 0 Å². The average molecular weight is 463 g/mol. The summed E-state index contributed by atoms with van der Waals surface area (Å²) in [5, 5.41) is -0.585. The molecule has 0 aromatic heterocycles. The van der Waals surface area contributed by atoms with Gasteiger partial charge in [0.05, 0.1) is 10.1 Å². The Kier molecular flexibility index (Phi) is 7.96. The predicted octanol–water partition coefficient (Wildman–Crippen LogP) is 5.94. The van der Waals surface area contributed by atoms with E-state index in [0.717, 1.165) is 23.2 Å². The third-order valence-corrected chi connectivity index (χ3v) is 7.22. The lowest BCUT2D eigenvalue weighted by atomic mass is 9.99. The minimum absolute atomic E-state index is 0.273. The first-order chi connectivity index (χ1) is 15.9. The van der Waals surface area contributed by atoms with Crippen molar-refractivity contribution >= 4 is 21.2 Å². The average Bonchev–Trinajstić information content (AvgIpc) is 2.81. The molecular formula is C27H30N2O3S. The van der Waals surface area contributed by atoms with Crippen LogP contribution in [0.2, 0.25) is 0 Å². The lowest BCUT2D eigenvalue weighted by molar-refractivity contribution is 0.482. The molecule has 6 heteroatoms. The molecule has 33 heavy (non-hydrogen) atoms. The summed E-state index contributed by atoms with van der Waals surface area (Å²) in [6.07, 6.45) is 6.82. The molecule has 0 amide bonds. The van der Waals surface area contributed by atoms with E-state index in [1.54, 1.807) is 54.6 Å². The largest absolute Gasteiger partial charge is 0.457 e. The molecule has 0 radical (unpaired) electrons. The standard InChI is InChI=1S/C25H24N2O3S.C2H6/c26-20-4-1-3-19(16-20)15-18-7-11-24(12-8-18)31(28,29)25-13-9-22(10-14-25)30-23-6-2-5-21(27)17-23;1-2/h1-11,13-14,16-17,24H,12,15,26-27H2;1-2H3. The van der Waals surface area contributed by atoms with Crippen LogP contribution in [0.15, 0.2) is 101 Å². The topological polar surface area (TPSA) is 95.4 Å². The molecule has 0 saturated heterocycles. The molecule has 1 atom stereocenters. The van der Waals surface area contributed by atoms with Gasteiger partial charge in [-0.25, -0.2) is 8.42 Å². The van der Waals surface area contributed by atoms with Gasteiger partial charge in [-0.3, -0.25) is 0 Å². The number of benzene rings is 3. The molecule has 1 aliphatic rings. The quantitative estimate of drug-likeness (QED) is 0.442. The molecule has 5 nitrogen and oxygen atoms in total. The molecule has 0 saturated carbocycles. The van der Waals surface area contributed by atoms with Crippen molar-refractivity contribution in [3.63, 3.8) is 0 Å². The van der Waals surface area contributed by atoms with Crippen LogP contribution in [-0.2, 0) is 16.3 Å². The second kappa shape index (κ2) is 10.9. The molecule has 1 aliphatic carbocycles. The van der Waals surface area contributed by atoms with Gasteiger partial charge >= 0.3 is 0 Å². The van der Waals surface area contributed by atoms with Gasteiger partial charge in [0.1, 0.15) is 11.5 Å². The zero-order valence-electron chi connectivity index (χ0n) is 18.9. The predicted molar refractivity (Wildman–Crippen MR) is 136 cm³/mol. The fraction of sp³-hybridized carbons (Fsp3) is 0.185. The number of nitrogens with two attached hydrogens (primary N) is 2. The molecule has 3 aromatic rings. The molecule has 0 bridgehead atoms. The molecular weight excluding hydrogens is 432 g/mol. The lowest BCUT2D eigenvalue weighted by Crippen LogP contribution is -2.20. The number of anilines is 2. The van der Waals surface area contributed by atoms with Crippen LogP contribution < -0.4 is 16.2 Å². The lowest BCUT2D eigenvalue weighted by Gasteiger charge is -2.17.